The molecule has 0 radical (unpaired) electrons. The van der Waals surface area contributed by atoms with E-state index >= 15 is 0 Å². The summed E-state index contributed by atoms with van der Waals surface area (Å²) in [6, 6.07) is 0. The SMILES string of the molecule is [C-]#[N+]C1=C(O)C(C)(C)C2CC[C@]3(C)C(CC(=O)C4C([C@](C)(CCC=C(C)C)O[C@@H]5OC(CO)[C@@H](O)[C@H](O)C5O)CC[C@]43C)[C@@]2(C)C1. The van der Waals surface area contributed by atoms with Crippen LogP contribution in [0.25, 0.3) is 4.85 Å². The number of fused-ring (bicyclic) bond motifs is 5. The van der Waals surface area contributed by atoms with E-state index in [0.29, 0.717) is 31.4 Å². The summed E-state index contributed by atoms with van der Waals surface area (Å²) < 4.78 is 12.5. The van der Waals surface area contributed by atoms with Gasteiger partial charge in [0.25, 0.3) is 0 Å². The van der Waals surface area contributed by atoms with E-state index in [1.165, 1.54) is 0 Å². The maximum atomic E-state index is 14.7. The van der Waals surface area contributed by atoms with Crippen molar-refractivity contribution in [2.75, 3.05) is 6.61 Å². The zero-order chi connectivity index (χ0) is 34.2. The van der Waals surface area contributed by atoms with Gasteiger partial charge in [-0.2, -0.15) is 0 Å². The molecule has 0 bridgehead atoms. The van der Waals surface area contributed by atoms with E-state index < -0.39 is 48.3 Å². The average molecular weight is 644 g/mol. The lowest BCUT2D eigenvalue weighted by molar-refractivity contribution is -0.333. The fraction of sp³-hybridized carbons (Fsp3) is 0.838. The second-order valence-corrected chi connectivity index (χ2v) is 17.0. The summed E-state index contributed by atoms with van der Waals surface area (Å²) in [5.74, 6) is 0.142. The van der Waals surface area contributed by atoms with Gasteiger partial charge in [0.1, 0.15) is 36.0 Å². The van der Waals surface area contributed by atoms with E-state index in [-0.39, 0.29) is 51.5 Å². The molecular weight excluding hydrogens is 586 g/mol. The highest BCUT2D eigenvalue weighted by molar-refractivity contribution is 5.84. The number of nitrogens with zero attached hydrogens (tertiary/aromatic N) is 1. The molecule has 4 aliphatic carbocycles. The molecule has 0 aromatic heterocycles. The number of carbonyl (C=O) groups excluding carboxylic acids is 1. The van der Waals surface area contributed by atoms with Crippen molar-refractivity contribution in [3.63, 3.8) is 0 Å². The summed E-state index contributed by atoms with van der Waals surface area (Å²) in [6.45, 7) is 24.4. The molecule has 1 aliphatic heterocycles. The van der Waals surface area contributed by atoms with Crippen LogP contribution in [0.2, 0.25) is 0 Å². The number of aliphatic hydroxyl groups is 5. The van der Waals surface area contributed by atoms with Crippen LogP contribution in [0.4, 0.5) is 0 Å². The molecule has 13 atom stereocenters. The van der Waals surface area contributed by atoms with Crippen LogP contribution < -0.4 is 0 Å². The van der Waals surface area contributed by atoms with E-state index in [9.17, 15) is 30.3 Å². The Hall–Kier alpha value is -1.80. The first-order chi connectivity index (χ1) is 21.3. The van der Waals surface area contributed by atoms with Crippen LogP contribution in [0.3, 0.4) is 0 Å². The molecular formula is C37H57NO8. The molecule has 258 valence electrons. The van der Waals surface area contributed by atoms with Crippen LogP contribution in [0.15, 0.2) is 23.1 Å². The van der Waals surface area contributed by atoms with Gasteiger partial charge in [-0.25, -0.2) is 4.85 Å². The van der Waals surface area contributed by atoms with Crippen molar-refractivity contribution < 1.29 is 39.8 Å². The van der Waals surface area contributed by atoms with E-state index in [0.717, 1.165) is 31.3 Å². The summed E-state index contributed by atoms with van der Waals surface area (Å²) in [5.41, 5.74) is -0.716. The molecule has 3 saturated carbocycles. The van der Waals surface area contributed by atoms with E-state index in [1.807, 2.05) is 34.6 Å². The zero-order valence-corrected chi connectivity index (χ0v) is 29.0. The molecule has 0 aromatic rings. The number of hydrogen-bond donors (Lipinski definition) is 5. The summed E-state index contributed by atoms with van der Waals surface area (Å²) in [6.07, 6.45) is 0.763. The van der Waals surface area contributed by atoms with Gasteiger partial charge in [0.15, 0.2) is 6.29 Å². The molecule has 5 N–H and O–H groups in total. The lowest BCUT2D eigenvalue weighted by Gasteiger charge is -2.68. The molecule has 0 amide bonds. The number of hydrogen-bond acceptors (Lipinski definition) is 8. The third-order valence-electron chi connectivity index (χ3n) is 14.1. The van der Waals surface area contributed by atoms with Crippen molar-refractivity contribution in [1.82, 2.24) is 0 Å². The number of Topliss-reactive ketones (excluding diaryl/α,β-unsaturated/α-hetero) is 1. The number of aliphatic hydroxyl groups excluding tert-OH is 5. The van der Waals surface area contributed by atoms with Gasteiger partial charge in [0.2, 0.25) is 5.70 Å². The van der Waals surface area contributed by atoms with E-state index in [4.69, 9.17) is 16.0 Å². The van der Waals surface area contributed by atoms with Crippen LogP contribution in [-0.2, 0) is 14.3 Å². The molecule has 9 heteroatoms. The van der Waals surface area contributed by atoms with E-state index in [1.54, 1.807) is 0 Å². The van der Waals surface area contributed by atoms with Gasteiger partial charge in [-0.3, -0.25) is 4.79 Å². The number of ketones is 1. The fourth-order valence-corrected chi connectivity index (χ4v) is 11.4. The van der Waals surface area contributed by atoms with Crippen LogP contribution in [0.5, 0.6) is 0 Å². The van der Waals surface area contributed by atoms with Gasteiger partial charge < -0.3 is 35.0 Å². The monoisotopic (exact) mass is 643 g/mol. The normalized spacial score (nSPS) is 46.4. The molecule has 0 spiro atoms. The minimum Gasteiger partial charge on any atom is -0.523 e. The quantitative estimate of drug-likeness (QED) is 0.182. The van der Waals surface area contributed by atoms with Gasteiger partial charge in [-0.05, 0) is 99.7 Å². The standard InChI is InChI=1S/C37H57NO8/c1-20(2)11-10-14-37(8,46-32-30(43)29(42)28(41)24(19-39)45-32)21-12-15-36(7)27(21)23(40)17-26-34(5)18-22(38-9)31(44)33(3,4)25(34)13-16-35(26,36)6/h11,21,24-30,32,39,41-44H,10,12-19H2,1-8H3/t21?,24?,25?,26?,27?,28-,29+,30?,32+,34+,35-,36-,37+/m1/s1. The third kappa shape index (κ3) is 5.13. The van der Waals surface area contributed by atoms with Gasteiger partial charge in [0.05, 0.1) is 18.8 Å². The van der Waals surface area contributed by atoms with Crippen molar-refractivity contribution in [1.29, 1.82) is 0 Å². The highest BCUT2D eigenvalue weighted by atomic mass is 16.7. The highest BCUT2D eigenvalue weighted by Gasteiger charge is 2.72. The molecule has 1 heterocycles. The smallest absolute Gasteiger partial charge is 0.203 e. The van der Waals surface area contributed by atoms with Crippen molar-refractivity contribution in [2.45, 2.75) is 143 Å². The van der Waals surface area contributed by atoms with Gasteiger partial charge in [0, 0.05) is 17.8 Å². The molecule has 0 aromatic carbocycles. The Morgan fingerprint density at radius 1 is 1.04 bits per heavy atom. The van der Waals surface area contributed by atoms with Crippen LogP contribution >= 0.6 is 0 Å². The Bertz CT molecular complexity index is 1310. The van der Waals surface area contributed by atoms with Gasteiger partial charge in [-0.15, -0.1) is 0 Å². The average Bonchev–Trinajstić information content (AvgIpc) is 3.37. The molecule has 5 aliphatic rings. The Morgan fingerprint density at radius 2 is 1.70 bits per heavy atom. The van der Waals surface area contributed by atoms with Crippen molar-refractivity contribution in [3.8, 4) is 0 Å². The largest absolute Gasteiger partial charge is 0.523 e. The number of rotatable bonds is 7. The Morgan fingerprint density at radius 3 is 2.30 bits per heavy atom. The Balaban J connectivity index is 1.52. The second-order valence-electron chi connectivity index (χ2n) is 17.0. The molecule has 1 saturated heterocycles. The van der Waals surface area contributed by atoms with Crippen LogP contribution in [-0.4, -0.2) is 74.2 Å². The second kappa shape index (κ2) is 12.0. The highest BCUT2D eigenvalue weighted by Crippen LogP contribution is 2.75. The lowest BCUT2D eigenvalue weighted by atomic mass is 9.36. The number of allylic oxidation sites excluding steroid dienone is 4. The lowest BCUT2D eigenvalue weighted by Crippen LogP contribution is -2.65. The van der Waals surface area contributed by atoms with Crippen LogP contribution in [0, 0.1) is 51.9 Å². The first-order valence-corrected chi connectivity index (χ1v) is 17.3. The molecule has 46 heavy (non-hydrogen) atoms. The first kappa shape index (κ1) is 35.5. The minimum atomic E-state index is -1.55. The Kier molecular flexibility index (Phi) is 9.23. The number of ether oxygens (including phenoxy) is 2. The molecule has 4 fully saturated rings. The maximum absolute atomic E-state index is 14.7. The van der Waals surface area contributed by atoms with E-state index in [2.05, 4.69) is 31.7 Å². The van der Waals surface area contributed by atoms with Crippen molar-refractivity contribution >= 4 is 5.78 Å². The molecule has 9 nitrogen and oxygen atoms in total. The minimum absolute atomic E-state index is 0.0543. The maximum Gasteiger partial charge on any atom is 0.203 e. The number of carbonyl (C=O) groups is 1. The topological polar surface area (TPSA) is 141 Å². The predicted octanol–water partition coefficient (Wildman–Crippen LogP) is 5.47. The Labute approximate surface area is 274 Å². The predicted molar refractivity (Wildman–Crippen MR) is 173 cm³/mol. The van der Waals surface area contributed by atoms with Gasteiger partial charge >= 0.3 is 0 Å². The summed E-state index contributed by atoms with van der Waals surface area (Å²) in [5, 5.41) is 52.8. The summed E-state index contributed by atoms with van der Waals surface area (Å²) in [7, 11) is 0. The van der Waals surface area contributed by atoms with Crippen molar-refractivity contribution in [3.05, 3.63) is 34.5 Å². The molecule has 6 unspecified atom stereocenters. The van der Waals surface area contributed by atoms with Crippen LogP contribution in [0.1, 0.15) is 107 Å². The molecule has 5 rings (SSSR count). The summed E-state index contributed by atoms with van der Waals surface area (Å²) >= 11 is 0. The first-order valence-electron chi connectivity index (χ1n) is 17.3. The third-order valence-corrected chi connectivity index (χ3v) is 14.1. The summed E-state index contributed by atoms with van der Waals surface area (Å²) in [4.78, 5) is 18.5. The fourth-order valence-electron chi connectivity index (χ4n) is 11.4. The van der Waals surface area contributed by atoms with Gasteiger partial charge in [-0.1, -0.05) is 46.3 Å². The zero-order valence-electron chi connectivity index (χ0n) is 29.0. The van der Waals surface area contributed by atoms with Crippen molar-refractivity contribution in [2.24, 2.45) is 45.3 Å².